The number of ether oxygens (including phenoxy) is 1. The fraction of sp³-hybridized carbons (Fsp3) is 0.778. The van der Waals surface area contributed by atoms with Crippen LogP contribution < -0.4 is 0 Å². The van der Waals surface area contributed by atoms with Crippen LogP contribution in [-0.4, -0.2) is 35.9 Å². The number of allylic oxidation sites excluding steroid dienone is 1. The molecule has 0 heterocycles. The highest BCUT2D eigenvalue weighted by Crippen LogP contribution is 2.19. The normalized spacial score (nSPS) is 13.8. The number of hydrogen-bond donors (Lipinski definition) is 0. The van der Waals surface area contributed by atoms with Crippen LogP contribution in [-0.2, 0) is 18.0 Å². The van der Waals surface area contributed by atoms with Gasteiger partial charge in [-0.2, -0.15) is 0 Å². The van der Waals surface area contributed by atoms with Gasteiger partial charge in [0.25, 0.3) is 0 Å². The molecule has 0 aromatic heterocycles. The lowest BCUT2D eigenvalue weighted by Gasteiger charge is -2.31. The zero-order valence-electron chi connectivity index (χ0n) is 9.62. The summed E-state index contributed by atoms with van der Waals surface area (Å²) in [6, 6.07) is 0. The quantitative estimate of drug-likeness (QED) is 0.484. The molecule has 4 nitrogen and oxygen atoms in total. The monoisotopic (exact) mass is 220 g/mol. The van der Waals surface area contributed by atoms with E-state index in [0.717, 1.165) is 6.42 Å². The van der Waals surface area contributed by atoms with E-state index in [1.54, 1.807) is 28.3 Å². The van der Waals surface area contributed by atoms with Crippen LogP contribution >= 0.6 is 0 Å². The fourth-order valence-electron chi connectivity index (χ4n) is 1.29. The van der Waals surface area contributed by atoms with Gasteiger partial charge in [0.15, 0.2) is 5.73 Å². The molecule has 0 N–H and O–H groups in total. The predicted octanol–water partition coefficient (Wildman–Crippen LogP) is 1.73. The van der Waals surface area contributed by atoms with Gasteiger partial charge in [0.05, 0.1) is 5.76 Å². The summed E-state index contributed by atoms with van der Waals surface area (Å²) in [6.45, 7) is 7.48. The first kappa shape index (κ1) is 13.6. The average molecular weight is 220 g/mol. The van der Waals surface area contributed by atoms with Crippen molar-refractivity contribution in [1.82, 2.24) is 0 Å². The molecule has 0 aliphatic rings. The van der Waals surface area contributed by atoms with Crippen LogP contribution in [0.3, 0.4) is 0 Å². The highest BCUT2D eigenvalue weighted by Gasteiger charge is 2.48. The first-order chi connectivity index (χ1) is 6.56. The summed E-state index contributed by atoms with van der Waals surface area (Å²) < 4.78 is 21.5. The topological polar surface area (TPSA) is 36.9 Å². The molecular formula is C9H20O4Si. The average Bonchev–Trinajstić information content (AvgIpc) is 2.19. The van der Waals surface area contributed by atoms with E-state index in [0.29, 0.717) is 5.76 Å². The maximum atomic E-state index is 5.53. The Morgan fingerprint density at radius 1 is 1.21 bits per heavy atom. The number of rotatable bonds is 7. The zero-order valence-corrected chi connectivity index (χ0v) is 10.6. The van der Waals surface area contributed by atoms with E-state index in [1.165, 1.54) is 0 Å². The van der Waals surface area contributed by atoms with Crippen molar-refractivity contribution in [3.8, 4) is 0 Å². The van der Waals surface area contributed by atoms with E-state index >= 15 is 0 Å². The van der Waals surface area contributed by atoms with Crippen molar-refractivity contribution in [3.05, 3.63) is 12.3 Å². The lowest BCUT2D eigenvalue weighted by molar-refractivity contribution is 0.0409. The Morgan fingerprint density at radius 2 is 1.64 bits per heavy atom. The molecule has 84 valence electrons. The maximum Gasteiger partial charge on any atom is 0.543 e. The van der Waals surface area contributed by atoms with Gasteiger partial charge in [-0.15, -0.1) is 0 Å². The van der Waals surface area contributed by atoms with Gasteiger partial charge < -0.3 is 18.0 Å². The van der Waals surface area contributed by atoms with Gasteiger partial charge >= 0.3 is 8.80 Å². The first-order valence-electron chi connectivity index (χ1n) is 4.53. The Bertz CT molecular complexity index is 171. The summed E-state index contributed by atoms with van der Waals surface area (Å²) in [5, 5.41) is 0. The molecule has 0 aliphatic heterocycles. The second-order valence-corrected chi connectivity index (χ2v) is 6.01. The van der Waals surface area contributed by atoms with Crippen molar-refractivity contribution in [1.29, 1.82) is 0 Å². The molecule has 1 unspecified atom stereocenters. The fourth-order valence-corrected chi connectivity index (χ4v) is 3.43. The van der Waals surface area contributed by atoms with Crippen LogP contribution in [0.2, 0.25) is 0 Å². The van der Waals surface area contributed by atoms with Gasteiger partial charge in [-0.1, -0.05) is 13.5 Å². The van der Waals surface area contributed by atoms with Crippen molar-refractivity contribution in [3.63, 3.8) is 0 Å². The van der Waals surface area contributed by atoms with Gasteiger partial charge in [0.2, 0.25) is 0 Å². The highest BCUT2D eigenvalue weighted by molar-refractivity contribution is 6.62. The van der Waals surface area contributed by atoms with Gasteiger partial charge in [-0.05, 0) is 13.3 Å². The molecule has 1 atom stereocenters. The molecule has 0 radical (unpaired) electrons. The molecule has 0 spiro atoms. The van der Waals surface area contributed by atoms with Crippen LogP contribution in [0.25, 0.3) is 0 Å². The molecule has 0 aromatic rings. The summed E-state index contributed by atoms with van der Waals surface area (Å²) in [6.07, 6.45) is 0.759. The van der Waals surface area contributed by atoms with Crippen LogP contribution in [0.5, 0.6) is 0 Å². The lowest BCUT2D eigenvalue weighted by Crippen LogP contribution is -2.55. The second kappa shape index (κ2) is 6.18. The second-order valence-electron chi connectivity index (χ2n) is 2.93. The summed E-state index contributed by atoms with van der Waals surface area (Å²) in [7, 11) is 2.03. The van der Waals surface area contributed by atoms with E-state index in [1.807, 2.05) is 6.92 Å². The van der Waals surface area contributed by atoms with E-state index in [9.17, 15) is 0 Å². The molecule has 0 aromatic carbocycles. The van der Waals surface area contributed by atoms with E-state index in [-0.39, 0.29) is 5.73 Å². The highest BCUT2D eigenvalue weighted by atomic mass is 28.4. The van der Waals surface area contributed by atoms with Gasteiger partial charge in [0.1, 0.15) is 0 Å². The molecule has 5 heteroatoms. The molecule has 0 amide bonds. The van der Waals surface area contributed by atoms with Gasteiger partial charge in [0, 0.05) is 21.3 Å². The van der Waals surface area contributed by atoms with Crippen molar-refractivity contribution < 1.29 is 18.0 Å². The Morgan fingerprint density at radius 3 is 1.86 bits per heavy atom. The van der Waals surface area contributed by atoms with Crippen molar-refractivity contribution >= 4 is 8.80 Å². The number of hydrogen-bond acceptors (Lipinski definition) is 4. The molecule has 0 aliphatic carbocycles. The van der Waals surface area contributed by atoms with E-state index in [4.69, 9.17) is 18.0 Å². The van der Waals surface area contributed by atoms with Crippen molar-refractivity contribution in [2.45, 2.75) is 26.0 Å². The Hall–Kier alpha value is -0.363. The molecule has 0 saturated heterocycles. The molecule has 14 heavy (non-hydrogen) atoms. The molecule has 0 saturated carbocycles. The van der Waals surface area contributed by atoms with Gasteiger partial charge in [-0.3, -0.25) is 0 Å². The third-order valence-electron chi connectivity index (χ3n) is 1.96. The SMILES string of the molecule is C=C(C)OC(CC)[Si](OC)(OC)OC. The van der Waals surface area contributed by atoms with Gasteiger partial charge in [-0.25, -0.2) is 0 Å². The third kappa shape index (κ3) is 3.09. The van der Waals surface area contributed by atoms with E-state index in [2.05, 4.69) is 6.58 Å². The van der Waals surface area contributed by atoms with Crippen LogP contribution in [0.1, 0.15) is 20.3 Å². The smallest absolute Gasteiger partial charge is 0.491 e. The zero-order chi connectivity index (χ0) is 11.2. The standard InChI is InChI=1S/C9H20O4Si/c1-7-9(13-8(2)3)14(10-4,11-5)12-6/h9H,2,7H2,1,3-6H3. The molecule has 0 bridgehead atoms. The minimum Gasteiger partial charge on any atom is -0.491 e. The van der Waals surface area contributed by atoms with Crippen molar-refractivity contribution in [2.24, 2.45) is 0 Å². The lowest BCUT2D eigenvalue weighted by atomic mass is 10.5. The minimum atomic E-state index is -2.69. The third-order valence-corrected chi connectivity index (χ3v) is 4.98. The summed E-state index contributed by atoms with van der Waals surface area (Å²) in [5.41, 5.74) is -0.194. The summed E-state index contributed by atoms with van der Waals surface area (Å²) in [4.78, 5) is 0. The van der Waals surface area contributed by atoms with E-state index < -0.39 is 8.80 Å². The Kier molecular flexibility index (Phi) is 6.02. The Labute approximate surface area is 87.2 Å². The molecular weight excluding hydrogens is 200 g/mol. The van der Waals surface area contributed by atoms with Crippen molar-refractivity contribution in [2.75, 3.05) is 21.3 Å². The molecule has 0 rings (SSSR count). The predicted molar refractivity (Wildman–Crippen MR) is 56.8 cm³/mol. The molecule has 0 fully saturated rings. The van der Waals surface area contributed by atoms with Crippen LogP contribution in [0, 0.1) is 0 Å². The first-order valence-corrected chi connectivity index (χ1v) is 6.34. The Balaban J connectivity index is 4.64. The van der Waals surface area contributed by atoms with Crippen LogP contribution in [0.15, 0.2) is 12.3 Å². The maximum absolute atomic E-state index is 5.53. The largest absolute Gasteiger partial charge is 0.543 e. The summed E-state index contributed by atoms with van der Waals surface area (Å²) >= 11 is 0. The minimum absolute atomic E-state index is 0.194. The van der Waals surface area contributed by atoms with Crippen LogP contribution in [0.4, 0.5) is 0 Å². The summed E-state index contributed by atoms with van der Waals surface area (Å²) in [5.74, 6) is 0.639.